The lowest BCUT2D eigenvalue weighted by Crippen LogP contribution is -2.39. The summed E-state index contributed by atoms with van der Waals surface area (Å²) in [4.78, 5) is 29.8. The highest BCUT2D eigenvalue weighted by Gasteiger charge is 2.28. The molecule has 1 saturated heterocycles. The third kappa shape index (κ3) is 5.74. The summed E-state index contributed by atoms with van der Waals surface area (Å²) in [5, 5.41) is 12.5. The van der Waals surface area contributed by atoms with Crippen LogP contribution in [-0.2, 0) is 11.3 Å². The molecule has 0 bridgehead atoms. The highest BCUT2D eigenvalue weighted by Crippen LogP contribution is 2.40. The molecule has 0 radical (unpaired) electrons. The second kappa shape index (κ2) is 11.7. The van der Waals surface area contributed by atoms with E-state index in [1.165, 1.54) is 5.56 Å². The highest BCUT2D eigenvalue weighted by molar-refractivity contribution is 5.99. The molecule has 9 nitrogen and oxygen atoms in total. The first kappa shape index (κ1) is 26.4. The van der Waals surface area contributed by atoms with Gasteiger partial charge in [0.05, 0.1) is 5.69 Å². The van der Waals surface area contributed by atoms with Crippen molar-refractivity contribution in [1.82, 2.24) is 19.9 Å². The van der Waals surface area contributed by atoms with Crippen LogP contribution < -0.4 is 15.0 Å². The van der Waals surface area contributed by atoms with Crippen LogP contribution in [0.4, 0.5) is 11.5 Å². The van der Waals surface area contributed by atoms with Gasteiger partial charge in [0.25, 0.3) is 5.91 Å². The molecule has 2 aliphatic rings. The number of hydrogen-bond acceptors (Lipinski definition) is 8. The fourth-order valence-electron chi connectivity index (χ4n) is 5.50. The van der Waals surface area contributed by atoms with Crippen LogP contribution in [0.2, 0.25) is 0 Å². The van der Waals surface area contributed by atoms with Gasteiger partial charge in [-0.2, -0.15) is 5.26 Å². The highest BCUT2D eigenvalue weighted by atomic mass is 16.5. The summed E-state index contributed by atoms with van der Waals surface area (Å²) < 4.78 is 5.77. The van der Waals surface area contributed by atoms with Crippen LogP contribution in [0.3, 0.4) is 0 Å². The predicted molar refractivity (Wildman–Crippen MR) is 157 cm³/mol. The second-order valence-corrected chi connectivity index (χ2v) is 10.3. The molecule has 0 saturated carbocycles. The van der Waals surface area contributed by atoms with Crippen molar-refractivity contribution in [3.8, 4) is 34.3 Å². The molecule has 2 aromatic heterocycles. The van der Waals surface area contributed by atoms with Crippen LogP contribution in [0.15, 0.2) is 72.9 Å². The van der Waals surface area contributed by atoms with Crippen LogP contribution in [0.1, 0.15) is 31.2 Å². The number of likely N-dealkylation sites (tertiary alicyclic amines) is 1. The molecule has 9 heteroatoms. The molecule has 1 amide bonds. The van der Waals surface area contributed by atoms with Crippen molar-refractivity contribution >= 4 is 17.4 Å². The molecule has 4 heterocycles. The van der Waals surface area contributed by atoms with Gasteiger partial charge in [0.1, 0.15) is 17.6 Å². The SMILES string of the molecule is CCN1C(=O)COc2nc(-c3ccc(CN4CCC(Nc5ccnc(C#N)n5)CC4)cc3)c(-c3ccccc3)cc21. The van der Waals surface area contributed by atoms with E-state index in [4.69, 9.17) is 15.0 Å². The van der Waals surface area contributed by atoms with Crippen LogP contribution in [-0.4, -0.2) is 58.0 Å². The monoisotopic (exact) mass is 545 g/mol. The average Bonchev–Trinajstić information content (AvgIpc) is 3.02. The summed E-state index contributed by atoms with van der Waals surface area (Å²) >= 11 is 0. The van der Waals surface area contributed by atoms with E-state index < -0.39 is 0 Å². The standard InChI is InChI=1S/C32H31N7O2/c1-2-39-27-18-26(23-6-4-3-5-7-23)31(37-32(27)41-21-30(39)40)24-10-8-22(9-11-24)20-38-16-13-25(14-17-38)35-28-12-15-34-29(19-33)36-28/h3-12,15,18,25H,2,13-14,16-17,20-21H2,1H3,(H,34,35,36). The van der Waals surface area contributed by atoms with Gasteiger partial charge in [-0.05, 0) is 43.0 Å². The van der Waals surface area contributed by atoms with Gasteiger partial charge in [-0.25, -0.2) is 15.0 Å². The Kier molecular flexibility index (Phi) is 7.56. The maximum Gasteiger partial charge on any atom is 0.265 e. The van der Waals surface area contributed by atoms with E-state index in [9.17, 15) is 4.79 Å². The number of carbonyl (C=O) groups is 1. The maximum atomic E-state index is 12.5. The maximum absolute atomic E-state index is 12.5. The summed E-state index contributed by atoms with van der Waals surface area (Å²) in [5.74, 6) is 1.32. The number of pyridine rings is 1. The third-order valence-electron chi connectivity index (χ3n) is 7.62. The number of aromatic nitrogens is 3. The van der Waals surface area contributed by atoms with E-state index in [1.807, 2.05) is 37.3 Å². The van der Waals surface area contributed by atoms with E-state index in [0.717, 1.165) is 54.9 Å². The minimum atomic E-state index is -0.0557. The lowest BCUT2D eigenvalue weighted by molar-refractivity contribution is -0.121. The molecule has 41 heavy (non-hydrogen) atoms. The van der Waals surface area contributed by atoms with Crippen LogP contribution in [0.25, 0.3) is 22.4 Å². The summed E-state index contributed by atoms with van der Waals surface area (Å²) in [7, 11) is 0. The first-order valence-corrected chi connectivity index (χ1v) is 14.0. The van der Waals surface area contributed by atoms with Crippen molar-refractivity contribution in [2.45, 2.75) is 32.4 Å². The molecule has 1 N–H and O–H groups in total. The Labute approximate surface area is 239 Å². The van der Waals surface area contributed by atoms with Crippen LogP contribution in [0.5, 0.6) is 5.88 Å². The predicted octanol–water partition coefficient (Wildman–Crippen LogP) is 4.90. The van der Waals surface area contributed by atoms with Gasteiger partial charge < -0.3 is 15.0 Å². The van der Waals surface area contributed by atoms with Crippen molar-refractivity contribution < 1.29 is 9.53 Å². The third-order valence-corrected chi connectivity index (χ3v) is 7.62. The molecule has 206 valence electrons. The van der Waals surface area contributed by atoms with Crippen molar-refractivity contribution in [2.75, 3.05) is 36.5 Å². The van der Waals surface area contributed by atoms with Crippen molar-refractivity contribution in [3.05, 3.63) is 84.3 Å². The molecular weight excluding hydrogens is 514 g/mol. The Morgan fingerprint density at radius 2 is 1.80 bits per heavy atom. The number of ether oxygens (including phenoxy) is 1. The number of hydrogen-bond donors (Lipinski definition) is 1. The molecule has 6 rings (SSSR count). The zero-order chi connectivity index (χ0) is 28.2. The Bertz CT molecular complexity index is 1580. The van der Waals surface area contributed by atoms with E-state index in [1.54, 1.807) is 17.2 Å². The minimum absolute atomic E-state index is 0.00306. The number of nitrogens with zero attached hydrogens (tertiary/aromatic N) is 6. The summed E-state index contributed by atoms with van der Waals surface area (Å²) in [6.07, 6.45) is 3.62. The normalized spacial score (nSPS) is 15.6. The van der Waals surface area contributed by atoms with Gasteiger partial charge in [0, 0.05) is 49.5 Å². The Morgan fingerprint density at radius 1 is 1.02 bits per heavy atom. The van der Waals surface area contributed by atoms with Crippen LogP contribution >= 0.6 is 0 Å². The zero-order valence-corrected chi connectivity index (χ0v) is 23.0. The van der Waals surface area contributed by atoms with Gasteiger partial charge in [0.2, 0.25) is 11.7 Å². The van der Waals surface area contributed by atoms with E-state index in [-0.39, 0.29) is 18.3 Å². The van der Waals surface area contributed by atoms with Gasteiger partial charge in [0.15, 0.2) is 6.61 Å². The number of carbonyl (C=O) groups excluding carboxylic acids is 1. The first-order chi connectivity index (χ1) is 20.1. The fraction of sp³-hybridized carbons (Fsp3) is 0.281. The zero-order valence-electron chi connectivity index (χ0n) is 23.0. The largest absolute Gasteiger partial charge is 0.466 e. The van der Waals surface area contributed by atoms with Crippen molar-refractivity contribution in [3.63, 3.8) is 0 Å². The lowest BCUT2D eigenvalue weighted by atomic mass is 9.97. The number of fused-ring (bicyclic) bond motifs is 1. The number of nitrogens with one attached hydrogen (secondary N) is 1. The molecule has 0 spiro atoms. The van der Waals surface area contributed by atoms with Gasteiger partial charge >= 0.3 is 0 Å². The molecule has 4 aromatic rings. The number of likely N-dealkylation sites (N-methyl/N-ethyl adjacent to an activating group) is 1. The summed E-state index contributed by atoms with van der Waals surface area (Å²) in [6.45, 7) is 5.36. The molecular formula is C32H31N7O2. The number of benzene rings is 2. The van der Waals surface area contributed by atoms with Gasteiger partial charge in [-0.15, -0.1) is 0 Å². The fourth-order valence-corrected chi connectivity index (χ4v) is 5.50. The second-order valence-electron chi connectivity index (χ2n) is 10.3. The number of amides is 1. The van der Waals surface area contributed by atoms with Crippen LogP contribution in [0, 0.1) is 11.3 Å². The number of piperidine rings is 1. The topological polar surface area (TPSA) is 107 Å². The summed E-state index contributed by atoms with van der Waals surface area (Å²) in [5.41, 5.74) is 5.80. The first-order valence-electron chi connectivity index (χ1n) is 14.0. The molecule has 0 atom stereocenters. The molecule has 2 aliphatic heterocycles. The number of rotatable bonds is 7. The smallest absolute Gasteiger partial charge is 0.265 e. The Morgan fingerprint density at radius 3 is 2.54 bits per heavy atom. The molecule has 2 aromatic carbocycles. The molecule has 1 fully saturated rings. The number of anilines is 2. The molecule has 0 unspecified atom stereocenters. The lowest BCUT2D eigenvalue weighted by Gasteiger charge is -2.32. The number of nitriles is 1. The summed E-state index contributed by atoms with van der Waals surface area (Å²) in [6, 6.07) is 24.9. The quantitative estimate of drug-likeness (QED) is 0.350. The van der Waals surface area contributed by atoms with E-state index in [0.29, 0.717) is 30.0 Å². The van der Waals surface area contributed by atoms with Crippen molar-refractivity contribution in [1.29, 1.82) is 5.26 Å². The Hall–Kier alpha value is -4.81. The minimum Gasteiger partial charge on any atom is -0.466 e. The van der Waals surface area contributed by atoms with Crippen molar-refractivity contribution in [2.24, 2.45) is 0 Å². The van der Waals surface area contributed by atoms with E-state index >= 15 is 0 Å². The van der Waals surface area contributed by atoms with Gasteiger partial charge in [-0.1, -0.05) is 54.6 Å². The average molecular weight is 546 g/mol. The van der Waals surface area contributed by atoms with Gasteiger partial charge in [-0.3, -0.25) is 9.69 Å². The molecule has 0 aliphatic carbocycles. The Balaban J connectivity index is 1.17. The van der Waals surface area contributed by atoms with E-state index in [2.05, 4.69) is 56.6 Å².